The summed E-state index contributed by atoms with van der Waals surface area (Å²) in [5.41, 5.74) is 5.50. The number of carbonyl (C=O) groups is 4. The van der Waals surface area contributed by atoms with Gasteiger partial charge in [0.15, 0.2) is 17.3 Å². The van der Waals surface area contributed by atoms with Gasteiger partial charge in [0, 0.05) is 22.8 Å². The number of hydrogen-bond donors (Lipinski definition) is 3. The van der Waals surface area contributed by atoms with Gasteiger partial charge >= 0.3 is 5.97 Å². The van der Waals surface area contributed by atoms with Crippen molar-refractivity contribution in [2.75, 3.05) is 0 Å². The molecule has 0 saturated heterocycles. The lowest BCUT2D eigenvalue weighted by Gasteiger charge is -2.20. The molecule has 0 aliphatic heterocycles. The predicted molar refractivity (Wildman–Crippen MR) is 127 cm³/mol. The topological polar surface area (TPSA) is 139 Å². The molecule has 0 aliphatic carbocycles. The molecule has 0 saturated carbocycles. The van der Waals surface area contributed by atoms with Crippen LogP contribution in [0, 0.1) is 17.1 Å². The van der Waals surface area contributed by atoms with Crippen molar-refractivity contribution in [3.05, 3.63) is 51.5 Å². The molecule has 0 fully saturated rings. The number of amides is 1. The third kappa shape index (κ3) is 7.58. The maximum atomic E-state index is 14.2. The van der Waals surface area contributed by atoms with E-state index in [1.165, 1.54) is 26.0 Å². The van der Waals surface area contributed by atoms with E-state index in [0.717, 1.165) is 28.7 Å². The fourth-order valence-electron chi connectivity index (χ4n) is 3.29. The van der Waals surface area contributed by atoms with Crippen LogP contribution in [0.25, 0.3) is 0 Å². The molecule has 1 aromatic carbocycles. The number of thiophene rings is 1. The average molecular weight is 490 g/mol. The zero-order valence-electron chi connectivity index (χ0n) is 19.3. The van der Waals surface area contributed by atoms with E-state index < -0.39 is 23.7 Å². The summed E-state index contributed by atoms with van der Waals surface area (Å²) >= 11 is 1.13. The molecule has 0 unspecified atom stereocenters. The van der Waals surface area contributed by atoms with Gasteiger partial charge in [-0.2, -0.15) is 0 Å². The molecule has 1 heterocycles. The molecule has 0 bridgehead atoms. The van der Waals surface area contributed by atoms with Gasteiger partial charge in [0.1, 0.15) is 16.5 Å². The minimum atomic E-state index is -0.859. The number of rotatable bonds is 12. The number of carbonyl (C=O) groups excluding carboxylic acids is 4. The summed E-state index contributed by atoms with van der Waals surface area (Å²) in [6.45, 7) is 4.62. The van der Waals surface area contributed by atoms with E-state index in [0.29, 0.717) is 12.8 Å². The minimum absolute atomic E-state index is 0.0567. The van der Waals surface area contributed by atoms with Crippen molar-refractivity contribution in [2.24, 2.45) is 11.7 Å². The van der Waals surface area contributed by atoms with Gasteiger partial charge in [0.05, 0.1) is 6.04 Å². The van der Waals surface area contributed by atoms with Crippen LogP contribution in [-0.4, -0.2) is 35.3 Å². The molecule has 182 valence electrons. The fraction of sp³-hybridized carbons (Fsp3) is 0.375. The average Bonchev–Trinajstić information content (AvgIpc) is 3.22. The molecular weight excluding hydrogens is 461 g/mol. The first-order chi connectivity index (χ1) is 16.0. The largest absolute Gasteiger partial charge is 0.419 e. The smallest absolute Gasteiger partial charge is 0.353 e. The zero-order valence-corrected chi connectivity index (χ0v) is 20.1. The van der Waals surface area contributed by atoms with Crippen molar-refractivity contribution in [3.8, 4) is 5.75 Å². The van der Waals surface area contributed by atoms with Crippen molar-refractivity contribution in [1.29, 1.82) is 5.41 Å². The van der Waals surface area contributed by atoms with Gasteiger partial charge in [-0.3, -0.25) is 19.8 Å². The number of nitrogen functional groups attached to an aromatic ring is 1. The minimum Gasteiger partial charge on any atom is -0.419 e. The number of esters is 1. The quantitative estimate of drug-likeness (QED) is 0.181. The Morgan fingerprint density at radius 1 is 1.18 bits per heavy atom. The number of nitrogens with one attached hydrogen (secondary N) is 2. The van der Waals surface area contributed by atoms with E-state index in [1.807, 2.05) is 6.92 Å². The van der Waals surface area contributed by atoms with Crippen LogP contribution >= 0.6 is 11.3 Å². The third-order valence-electron chi connectivity index (χ3n) is 5.06. The number of Topliss-reactive ketones (excluding diaryl/α,β-unsaturated/α-hetero) is 2. The molecule has 1 aromatic heterocycles. The first-order valence-electron chi connectivity index (χ1n) is 10.8. The summed E-state index contributed by atoms with van der Waals surface area (Å²) in [5, 5.41) is 10.0. The highest BCUT2D eigenvalue weighted by Gasteiger charge is 2.25. The van der Waals surface area contributed by atoms with Crippen molar-refractivity contribution < 1.29 is 28.3 Å². The van der Waals surface area contributed by atoms with Gasteiger partial charge in [0.25, 0.3) is 0 Å². The lowest BCUT2D eigenvalue weighted by molar-refractivity contribution is -0.131. The van der Waals surface area contributed by atoms with Gasteiger partial charge in [0.2, 0.25) is 5.91 Å². The van der Waals surface area contributed by atoms with E-state index in [1.54, 1.807) is 12.1 Å². The first-order valence-corrected chi connectivity index (χ1v) is 11.6. The lowest BCUT2D eigenvalue weighted by atomic mass is 9.96. The van der Waals surface area contributed by atoms with Crippen molar-refractivity contribution in [3.63, 3.8) is 0 Å². The molecule has 2 rings (SSSR count). The molecular formula is C24H28FN3O5S. The summed E-state index contributed by atoms with van der Waals surface area (Å²) < 4.78 is 19.3. The van der Waals surface area contributed by atoms with Crippen molar-refractivity contribution >= 4 is 40.6 Å². The molecule has 4 N–H and O–H groups in total. The second-order valence-corrected chi connectivity index (χ2v) is 9.15. The van der Waals surface area contributed by atoms with Gasteiger partial charge in [-0.1, -0.05) is 13.3 Å². The number of benzene rings is 1. The molecule has 2 atom stereocenters. The maximum absolute atomic E-state index is 14.2. The standard InChI is InChI=1S/C24H28FN3O5S/c1-4-5-16(23(31)28-19(14(3)30)10-13(2)29)11-17-7-9-21(34-17)24(32)33-20-8-6-15(22(26)27)12-18(20)25/h6-9,12,16,19H,4-5,10-11H2,1-3H3,(H3,26,27)(H,28,31)/t16-,19-/m0/s1. The van der Waals surface area contributed by atoms with E-state index in [4.69, 9.17) is 15.9 Å². The van der Waals surface area contributed by atoms with Crippen LogP contribution in [0.4, 0.5) is 4.39 Å². The number of ketones is 2. The van der Waals surface area contributed by atoms with E-state index in [2.05, 4.69) is 5.32 Å². The Bertz CT molecular complexity index is 1100. The zero-order chi connectivity index (χ0) is 25.4. The van der Waals surface area contributed by atoms with Crippen LogP contribution in [0.1, 0.15) is 60.1 Å². The maximum Gasteiger partial charge on any atom is 0.353 e. The Morgan fingerprint density at radius 3 is 2.44 bits per heavy atom. The summed E-state index contributed by atoms with van der Waals surface area (Å²) in [4.78, 5) is 49.5. The highest BCUT2D eigenvalue weighted by molar-refractivity contribution is 7.13. The molecule has 34 heavy (non-hydrogen) atoms. The predicted octanol–water partition coefficient (Wildman–Crippen LogP) is 3.40. The van der Waals surface area contributed by atoms with Gasteiger partial charge < -0.3 is 15.8 Å². The van der Waals surface area contributed by atoms with Crippen LogP contribution in [0.5, 0.6) is 5.75 Å². The van der Waals surface area contributed by atoms with Gasteiger partial charge in [-0.25, -0.2) is 9.18 Å². The Morgan fingerprint density at radius 2 is 1.88 bits per heavy atom. The number of amidine groups is 1. The van der Waals surface area contributed by atoms with E-state index >= 15 is 0 Å². The Hall–Kier alpha value is -3.40. The third-order valence-corrected chi connectivity index (χ3v) is 6.15. The molecule has 0 radical (unpaired) electrons. The number of ether oxygens (including phenoxy) is 1. The Kier molecular flexibility index (Phi) is 9.61. The Balaban J connectivity index is 2.08. The molecule has 8 nitrogen and oxygen atoms in total. The monoisotopic (exact) mass is 489 g/mol. The van der Waals surface area contributed by atoms with Crippen molar-refractivity contribution in [1.82, 2.24) is 5.32 Å². The second kappa shape index (κ2) is 12.2. The lowest BCUT2D eigenvalue weighted by Crippen LogP contribution is -2.44. The van der Waals surface area contributed by atoms with Crippen molar-refractivity contribution in [2.45, 2.75) is 52.5 Å². The SMILES string of the molecule is CCC[C@@H](Cc1ccc(C(=O)Oc2ccc(C(=N)N)cc2F)s1)C(=O)N[C@@H](CC(C)=O)C(C)=O. The van der Waals surface area contributed by atoms with Crippen LogP contribution in [0.15, 0.2) is 30.3 Å². The highest BCUT2D eigenvalue weighted by atomic mass is 32.1. The van der Waals surface area contributed by atoms with Crippen LogP contribution in [0.3, 0.4) is 0 Å². The Labute approximate surface area is 201 Å². The van der Waals surface area contributed by atoms with Gasteiger partial charge in [-0.05, 0) is 57.0 Å². The highest BCUT2D eigenvalue weighted by Crippen LogP contribution is 2.25. The molecule has 10 heteroatoms. The summed E-state index contributed by atoms with van der Waals surface area (Å²) in [6, 6.07) is 6.00. The summed E-state index contributed by atoms with van der Waals surface area (Å²) in [6.07, 6.45) is 1.57. The van der Waals surface area contributed by atoms with E-state index in [-0.39, 0.29) is 45.9 Å². The van der Waals surface area contributed by atoms with Crippen LogP contribution in [-0.2, 0) is 20.8 Å². The summed E-state index contributed by atoms with van der Waals surface area (Å²) in [7, 11) is 0. The van der Waals surface area contributed by atoms with Gasteiger partial charge in [-0.15, -0.1) is 11.3 Å². The second-order valence-electron chi connectivity index (χ2n) is 7.98. The number of nitrogens with two attached hydrogens (primary N) is 1. The molecule has 2 aromatic rings. The van der Waals surface area contributed by atoms with Crippen LogP contribution in [0.2, 0.25) is 0 Å². The fourth-order valence-corrected chi connectivity index (χ4v) is 4.25. The number of hydrogen-bond acceptors (Lipinski definition) is 7. The normalized spacial score (nSPS) is 12.5. The first kappa shape index (κ1) is 26.8. The molecule has 0 aliphatic rings. The number of halogens is 1. The van der Waals surface area contributed by atoms with Crippen LogP contribution < -0.4 is 15.8 Å². The summed E-state index contributed by atoms with van der Waals surface area (Å²) in [5.74, 6) is -3.41. The molecule has 1 amide bonds. The molecule has 0 spiro atoms. The van der Waals surface area contributed by atoms with E-state index in [9.17, 15) is 23.6 Å².